The van der Waals surface area contributed by atoms with Gasteiger partial charge in [0.2, 0.25) is 0 Å². The maximum absolute atomic E-state index is 13.2. The lowest BCUT2D eigenvalue weighted by Gasteiger charge is -2.23. The van der Waals surface area contributed by atoms with E-state index in [9.17, 15) is 26.3 Å². The van der Waals surface area contributed by atoms with Gasteiger partial charge in [0.25, 0.3) is 0 Å². The number of nitrogens with zero attached hydrogens (tertiary/aromatic N) is 4. The van der Waals surface area contributed by atoms with Gasteiger partial charge in [-0.2, -0.15) is 31.6 Å². The number of nitriles is 1. The molecule has 0 bridgehead atoms. The fourth-order valence-corrected chi connectivity index (χ4v) is 2.92. The molecule has 0 aliphatic carbocycles. The largest absolute Gasteiger partial charge is 0.417 e. The Balaban J connectivity index is 2.43. The van der Waals surface area contributed by atoms with Crippen molar-refractivity contribution in [2.75, 3.05) is 6.54 Å². The topological polar surface area (TPSA) is 84.6 Å². The van der Waals surface area contributed by atoms with E-state index >= 15 is 0 Å². The lowest BCUT2D eigenvalue weighted by Crippen LogP contribution is -2.43. The van der Waals surface area contributed by atoms with Gasteiger partial charge in [-0.3, -0.25) is 0 Å². The first-order chi connectivity index (χ1) is 11.6. The van der Waals surface area contributed by atoms with E-state index in [0.717, 1.165) is 12.1 Å². The van der Waals surface area contributed by atoms with Gasteiger partial charge in [0.15, 0.2) is 0 Å². The average Bonchev–Trinajstić information content (AvgIpc) is 2.96. The molecule has 134 valence electrons. The SMILES string of the molecule is N#Cc1ccc(C2C[C@@H](CN=[N+]=[N-])N[C@H]2C(F)(F)F)cc1C(F)(F)F. The van der Waals surface area contributed by atoms with Gasteiger partial charge in [-0.25, -0.2) is 0 Å². The van der Waals surface area contributed by atoms with Crippen LogP contribution in [0.15, 0.2) is 23.3 Å². The second-order valence-corrected chi connectivity index (χ2v) is 5.55. The van der Waals surface area contributed by atoms with Crippen LogP contribution in [0.1, 0.15) is 29.0 Å². The first kappa shape index (κ1) is 18.9. The van der Waals surface area contributed by atoms with E-state index in [1.807, 2.05) is 0 Å². The van der Waals surface area contributed by atoms with E-state index in [4.69, 9.17) is 10.8 Å². The maximum atomic E-state index is 13.2. The smallest absolute Gasteiger partial charge is 0.303 e. The minimum absolute atomic E-state index is 0.146. The van der Waals surface area contributed by atoms with Crippen molar-refractivity contribution in [1.29, 1.82) is 5.26 Å². The zero-order valence-electron chi connectivity index (χ0n) is 12.4. The summed E-state index contributed by atoms with van der Waals surface area (Å²) in [4.78, 5) is 2.47. The van der Waals surface area contributed by atoms with Crippen molar-refractivity contribution in [3.05, 3.63) is 45.3 Å². The molecule has 2 rings (SSSR count). The number of benzene rings is 1. The summed E-state index contributed by atoms with van der Waals surface area (Å²) in [6, 6.07) is 1.05. The van der Waals surface area contributed by atoms with Crippen molar-refractivity contribution in [2.24, 2.45) is 5.11 Å². The second kappa shape index (κ2) is 6.82. The van der Waals surface area contributed by atoms with Crippen LogP contribution in [0.4, 0.5) is 26.3 Å². The molecule has 11 heteroatoms. The van der Waals surface area contributed by atoms with Gasteiger partial charge in [0.1, 0.15) is 6.04 Å². The highest BCUT2D eigenvalue weighted by molar-refractivity contribution is 5.43. The molecule has 1 aromatic rings. The number of alkyl halides is 6. The lowest BCUT2D eigenvalue weighted by atomic mass is 9.88. The summed E-state index contributed by atoms with van der Waals surface area (Å²) in [6.45, 7) is -0.248. The Kier molecular flexibility index (Phi) is 5.15. The summed E-state index contributed by atoms with van der Waals surface area (Å²) in [5.74, 6) is -1.28. The Hall–Kier alpha value is -2.44. The number of nitrogens with one attached hydrogen (secondary N) is 1. The van der Waals surface area contributed by atoms with Crippen LogP contribution in [0.2, 0.25) is 0 Å². The van der Waals surface area contributed by atoms with E-state index in [1.165, 1.54) is 6.07 Å². The van der Waals surface area contributed by atoms with E-state index in [-0.39, 0.29) is 18.5 Å². The zero-order valence-corrected chi connectivity index (χ0v) is 12.4. The molecule has 1 aromatic carbocycles. The molecule has 0 amide bonds. The molecule has 1 unspecified atom stereocenters. The molecule has 3 atom stereocenters. The summed E-state index contributed by atoms with van der Waals surface area (Å²) in [6.07, 6.45) is -9.69. The molecule has 1 saturated heterocycles. The summed E-state index contributed by atoms with van der Waals surface area (Å²) in [7, 11) is 0. The fraction of sp³-hybridized carbons (Fsp3) is 0.500. The number of hydrogen-bond donors (Lipinski definition) is 1. The van der Waals surface area contributed by atoms with Crippen LogP contribution >= 0.6 is 0 Å². The number of rotatable bonds is 3. The third kappa shape index (κ3) is 4.15. The van der Waals surface area contributed by atoms with Crippen LogP contribution in [0.25, 0.3) is 10.4 Å². The quantitative estimate of drug-likeness (QED) is 0.377. The number of hydrogen-bond acceptors (Lipinski definition) is 3. The molecule has 1 heterocycles. The van der Waals surface area contributed by atoms with Gasteiger partial charge in [-0.1, -0.05) is 11.2 Å². The Morgan fingerprint density at radius 1 is 1.28 bits per heavy atom. The maximum Gasteiger partial charge on any atom is 0.417 e. The van der Waals surface area contributed by atoms with Crippen molar-refractivity contribution in [2.45, 2.75) is 36.8 Å². The molecule has 1 N–H and O–H groups in total. The average molecular weight is 363 g/mol. The predicted molar refractivity (Wildman–Crippen MR) is 74.3 cm³/mol. The van der Waals surface area contributed by atoms with E-state index < -0.39 is 41.5 Å². The monoisotopic (exact) mass is 363 g/mol. The van der Waals surface area contributed by atoms with Crippen LogP contribution in [-0.2, 0) is 6.18 Å². The second-order valence-electron chi connectivity index (χ2n) is 5.55. The molecule has 0 radical (unpaired) electrons. The van der Waals surface area contributed by atoms with E-state index in [0.29, 0.717) is 6.07 Å². The van der Waals surface area contributed by atoms with Gasteiger partial charge in [0.05, 0.1) is 17.2 Å². The normalized spacial score (nSPS) is 23.8. The molecule has 1 aliphatic rings. The lowest BCUT2D eigenvalue weighted by molar-refractivity contribution is -0.155. The van der Waals surface area contributed by atoms with Crippen molar-refractivity contribution < 1.29 is 26.3 Å². The molecule has 0 aromatic heterocycles. The van der Waals surface area contributed by atoms with Gasteiger partial charge >= 0.3 is 12.4 Å². The van der Waals surface area contributed by atoms with Crippen LogP contribution in [0, 0.1) is 11.3 Å². The van der Waals surface area contributed by atoms with Crippen LogP contribution in [0.3, 0.4) is 0 Å². The van der Waals surface area contributed by atoms with Crippen molar-refractivity contribution >= 4 is 0 Å². The Labute approximate surface area is 137 Å². The number of halogens is 6. The molecule has 1 aliphatic heterocycles. The Morgan fingerprint density at radius 2 is 1.96 bits per heavy atom. The third-order valence-corrected chi connectivity index (χ3v) is 3.97. The molecular weight excluding hydrogens is 352 g/mol. The van der Waals surface area contributed by atoms with Crippen LogP contribution in [-0.4, -0.2) is 24.8 Å². The Morgan fingerprint density at radius 3 is 2.48 bits per heavy atom. The summed E-state index contributed by atoms with van der Waals surface area (Å²) in [5, 5.41) is 14.2. The number of azide groups is 1. The van der Waals surface area contributed by atoms with Gasteiger partial charge < -0.3 is 5.32 Å². The molecule has 1 fully saturated rings. The van der Waals surface area contributed by atoms with Crippen molar-refractivity contribution in [3.8, 4) is 6.07 Å². The predicted octanol–water partition coefficient (Wildman–Crippen LogP) is 4.26. The minimum atomic E-state index is -4.86. The molecule has 5 nitrogen and oxygen atoms in total. The Bertz CT molecular complexity index is 729. The van der Waals surface area contributed by atoms with Crippen LogP contribution < -0.4 is 5.32 Å². The molecule has 0 saturated carbocycles. The first-order valence-electron chi connectivity index (χ1n) is 7.02. The fourth-order valence-electron chi connectivity index (χ4n) is 2.92. The summed E-state index contributed by atoms with van der Waals surface area (Å²) < 4.78 is 78.8. The highest BCUT2D eigenvalue weighted by Gasteiger charge is 2.50. The first-order valence-corrected chi connectivity index (χ1v) is 7.02. The standard InChI is InChI=1S/C14H11F6N5/c15-13(16,17)11-3-7(1-2-8(11)5-21)10-4-9(6-23-25-22)24-12(10)14(18,19)20/h1-3,9-10,12,24H,4,6H2/t9-,10?,12+/m0/s1. The van der Waals surface area contributed by atoms with Gasteiger partial charge in [-0.05, 0) is 29.6 Å². The van der Waals surface area contributed by atoms with Gasteiger partial charge in [-0.15, -0.1) is 0 Å². The molecular formula is C14H11F6N5. The third-order valence-electron chi connectivity index (χ3n) is 3.97. The molecule has 25 heavy (non-hydrogen) atoms. The highest BCUT2D eigenvalue weighted by atomic mass is 19.4. The summed E-state index contributed by atoms with van der Waals surface area (Å²) in [5.41, 5.74) is 6.17. The zero-order chi connectivity index (χ0) is 18.8. The van der Waals surface area contributed by atoms with Crippen LogP contribution in [0.5, 0.6) is 0 Å². The minimum Gasteiger partial charge on any atom is -0.303 e. The van der Waals surface area contributed by atoms with E-state index in [2.05, 4.69) is 15.3 Å². The molecule has 0 spiro atoms. The van der Waals surface area contributed by atoms with Gasteiger partial charge in [0, 0.05) is 23.4 Å². The van der Waals surface area contributed by atoms with E-state index in [1.54, 1.807) is 0 Å². The highest BCUT2D eigenvalue weighted by Crippen LogP contribution is 2.41. The summed E-state index contributed by atoms with van der Waals surface area (Å²) >= 11 is 0. The van der Waals surface area contributed by atoms with Crippen molar-refractivity contribution in [3.63, 3.8) is 0 Å². The van der Waals surface area contributed by atoms with Crippen molar-refractivity contribution in [1.82, 2.24) is 5.32 Å².